The second kappa shape index (κ2) is 10.6. The van der Waals surface area contributed by atoms with E-state index in [1.807, 2.05) is 6.92 Å². The van der Waals surface area contributed by atoms with Gasteiger partial charge < -0.3 is 15.3 Å². The van der Waals surface area contributed by atoms with Gasteiger partial charge >= 0.3 is 5.97 Å². The summed E-state index contributed by atoms with van der Waals surface area (Å²) >= 11 is 0. The maximum atomic E-state index is 12.0. The quantitative estimate of drug-likeness (QED) is 0.401. The second-order valence-electron chi connectivity index (χ2n) is 6.49. The molecule has 0 unspecified atom stereocenters. The number of carboxylic acid groups (broad SMARTS) is 1. The summed E-state index contributed by atoms with van der Waals surface area (Å²) in [5, 5.41) is 28.2. The highest BCUT2D eigenvalue weighted by Gasteiger charge is 2.39. The average molecular weight is 326 g/mol. The molecule has 0 aliphatic heterocycles. The summed E-state index contributed by atoms with van der Waals surface area (Å²) in [5.74, 6) is -1.02. The Balaban J connectivity index is 2.33. The molecule has 3 N–H and O–H groups in total. The molecule has 1 aliphatic rings. The molecule has 0 aromatic carbocycles. The zero-order valence-corrected chi connectivity index (χ0v) is 14.0. The molecule has 0 amide bonds. The number of aliphatic carboxylic acids is 1. The number of aliphatic hydroxyl groups excluding tert-OH is 2. The van der Waals surface area contributed by atoms with Gasteiger partial charge in [-0.15, -0.1) is 0 Å². The fraction of sp³-hybridized carbons (Fsp3) is 0.778. The van der Waals surface area contributed by atoms with E-state index < -0.39 is 18.2 Å². The van der Waals surface area contributed by atoms with Crippen LogP contribution in [-0.2, 0) is 9.59 Å². The maximum absolute atomic E-state index is 12.0. The molecule has 0 aromatic rings. The number of unbranched alkanes of at least 4 members (excludes halogenated alkanes) is 4. The summed E-state index contributed by atoms with van der Waals surface area (Å²) in [5.41, 5.74) is 0. The molecule has 4 atom stereocenters. The van der Waals surface area contributed by atoms with Gasteiger partial charge in [-0.2, -0.15) is 0 Å². The summed E-state index contributed by atoms with van der Waals surface area (Å²) in [6.45, 7) is 1.88. The zero-order valence-electron chi connectivity index (χ0n) is 14.0. The van der Waals surface area contributed by atoms with Gasteiger partial charge in [-0.3, -0.25) is 9.59 Å². The van der Waals surface area contributed by atoms with E-state index in [2.05, 4.69) is 0 Å². The summed E-state index contributed by atoms with van der Waals surface area (Å²) in [7, 11) is 0. The van der Waals surface area contributed by atoms with Gasteiger partial charge in [0.2, 0.25) is 0 Å². The van der Waals surface area contributed by atoms with Crippen LogP contribution in [0.5, 0.6) is 0 Å². The standard InChI is InChI=1S/C18H30O5/c1-2-13(19)10-11-15-14(16(20)12-17(15)21)8-6-4-3-5-7-9-18(22)23/h10-11,13-16,19-20H,2-9,12H2,1H3,(H,22,23)/b11-10+/t13-,14+,15-,16+/m1/s1. The Morgan fingerprint density at radius 2 is 1.91 bits per heavy atom. The third-order valence-corrected chi connectivity index (χ3v) is 4.62. The minimum Gasteiger partial charge on any atom is -0.481 e. The molecule has 5 nitrogen and oxygen atoms in total. The van der Waals surface area contributed by atoms with Crippen molar-refractivity contribution in [2.75, 3.05) is 0 Å². The van der Waals surface area contributed by atoms with Gasteiger partial charge in [-0.05, 0) is 25.2 Å². The SMILES string of the molecule is CC[C@@H](O)/C=C/[C@H]1C(=O)C[C@H](O)[C@H]1CCCCCCCC(=O)O. The van der Waals surface area contributed by atoms with Gasteiger partial charge in [0, 0.05) is 18.8 Å². The molecular weight excluding hydrogens is 296 g/mol. The topological polar surface area (TPSA) is 94.8 Å². The van der Waals surface area contributed by atoms with Crippen molar-refractivity contribution in [2.24, 2.45) is 11.8 Å². The normalized spacial score (nSPS) is 26.0. The van der Waals surface area contributed by atoms with Crippen molar-refractivity contribution in [2.45, 2.75) is 76.9 Å². The Hall–Kier alpha value is -1.20. The number of aliphatic hydroxyl groups is 2. The fourth-order valence-corrected chi connectivity index (χ4v) is 3.16. The molecule has 0 radical (unpaired) electrons. The monoisotopic (exact) mass is 326 g/mol. The van der Waals surface area contributed by atoms with E-state index in [9.17, 15) is 19.8 Å². The molecule has 0 heterocycles. The van der Waals surface area contributed by atoms with E-state index in [-0.39, 0.29) is 30.5 Å². The van der Waals surface area contributed by atoms with Crippen molar-refractivity contribution < 1.29 is 24.9 Å². The Bertz CT molecular complexity index is 404. The van der Waals surface area contributed by atoms with Gasteiger partial charge in [0.1, 0.15) is 5.78 Å². The molecule has 0 aromatic heterocycles. The molecule has 132 valence electrons. The molecule has 0 saturated heterocycles. The number of carbonyl (C=O) groups excluding carboxylic acids is 1. The number of rotatable bonds is 11. The van der Waals surface area contributed by atoms with Crippen LogP contribution < -0.4 is 0 Å². The van der Waals surface area contributed by atoms with E-state index in [1.54, 1.807) is 12.2 Å². The van der Waals surface area contributed by atoms with Crippen molar-refractivity contribution in [1.82, 2.24) is 0 Å². The Morgan fingerprint density at radius 1 is 1.26 bits per heavy atom. The lowest BCUT2D eigenvalue weighted by Gasteiger charge is -2.18. The minimum atomic E-state index is -0.749. The van der Waals surface area contributed by atoms with Crippen LogP contribution in [0.4, 0.5) is 0 Å². The van der Waals surface area contributed by atoms with Gasteiger partial charge in [0.15, 0.2) is 0 Å². The highest BCUT2D eigenvalue weighted by molar-refractivity contribution is 5.85. The molecule has 5 heteroatoms. The number of hydrogen-bond donors (Lipinski definition) is 3. The second-order valence-corrected chi connectivity index (χ2v) is 6.49. The Morgan fingerprint density at radius 3 is 2.57 bits per heavy atom. The molecule has 23 heavy (non-hydrogen) atoms. The predicted octanol–water partition coefficient (Wildman–Crippen LogP) is 2.69. The molecule has 0 spiro atoms. The van der Waals surface area contributed by atoms with E-state index >= 15 is 0 Å². The summed E-state index contributed by atoms with van der Waals surface area (Å²) in [6, 6.07) is 0. The minimum absolute atomic E-state index is 0.0539. The van der Waals surface area contributed by atoms with Crippen LogP contribution >= 0.6 is 0 Å². The van der Waals surface area contributed by atoms with Crippen molar-refractivity contribution in [3.8, 4) is 0 Å². The van der Waals surface area contributed by atoms with E-state index in [1.165, 1.54) is 0 Å². The lowest BCUT2D eigenvalue weighted by Crippen LogP contribution is -2.19. The van der Waals surface area contributed by atoms with Crippen molar-refractivity contribution in [1.29, 1.82) is 0 Å². The van der Waals surface area contributed by atoms with Crippen molar-refractivity contribution in [3.05, 3.63) is 12.2 Å². The average Bonchev–Trinajstić information content (AvgIpc) is 2.77. The first-order valence-corrected chi connectivity index (χ1v) is 8.74. The molecule has 1 rings (SSSR count). The first kappa shape index (κ1) is 19.8. The third-order valence-electron chi connectivity index (χ3n) is 4.62. The van der Waals surface area contributed by atoms with E-state index in [4.69, 9.17) is 5.11 Å². The van der Waals surface area contributed by atoms with Gasteiger partial charge in [-0.1, -0.05) is 44.8 Å². The lowest BCUT2D eigenvalue weighted by atomic mass is 9.88. The number of carbonyl (C=O) groups is 2. The van der Waals surface area contributed by atoms with Crippen LogP contribution in [0.3, 0.4) is 0 Å². The Kier molecular flexibility index (Phi) is 9.10. The van der Waals surface area contributed by atoms with Crippen LogP contribution in [0.2, 0.25) is 0 Å². The number of allylic oxidation sites excluding steroid dienone is 1. The third kappa shape index (κ3) is 7.27. The van der Waals surface area contributed by atoms with Gasteiger partial charge in [-0.25, -0.2) is 0 Å². The van der Waals surface area contributed by atoms with E-state index in [0.29, 0.717) is 12.8 Å². The number of ketones is 1. The summed E-state index contributed by atoms with van der Waals surface area (Å²) in [6.07, 6.45) is 8.69. The first-order valence-electron chi connectivity index (χ1n) is 8.74. The summed E-state index contributed by atoms with van der Waals surface area (Å²) < 4.78 is 0. The Labute approximate surface area is 138 Å². The van der Waals surface area contributed by atoms with Crippen molar-refractivity contribution in [3.63, 3.8) is 0 Å². The zero-order chi connectivity index (χ0) is 17.2. The predicted molar refractivity (Wildman–Crippen MR) is 88.0 cm³/mol. The number of carboxylic acids is 1. The van der Waals surface area contributed by atoms with Crippen LogP contribution in [0.15, 0.2) is 12.2 Å². The van der Waals surface area contributed by atoms with Crippen molar-refractivity contribution >= 4 is 11.8 Å². The van der Waals surface area contributed by atoms with Gasteiger partial charge in [0.25, 0.3) is 0 Å². The first-order chi connectivity index (χ1) is 11.0. The lowest BCUT2D eigenvalue weighted by molar-refractivity contribution is -0.137. The molecule has 1 aliphatic carbocycles. The highest BCUT2D eigenvalue weighted by Crippen LogP contribution is 2.34. The van der Waals surface area contributed by atoms with Crippen LogP contribution in [-0.4, -0.2) is 39.3 Å². The van der Waals surface area contributed by atoms with Gasteiger partial charge in [0.05, 0.1) is 12.2 Å². The number of Topliss-reactive ketones (excluding diaryl/α,β-unsaturated/α-hetero) is 1. The number of hydrogen-bond acceptors (Lipinski definition) is 4. The van der Waals surface area contributed by atoms with Crippen LogP contribution in [0.1, 0.15) is 64.7 Å². The molecule has 1 saturated carbocycles. The molecule has 0 bridgehead atoms. The smallest absolute Gasteiger partial charge is 0.303 e. The summed E-state index contributed by atoms with van der Waals surface area (Å²) in [4.78, 5) is 22.4. The molecular formula is C18H30O5. The maximum Gasteiger partial charge on any atom is 0.303 e. The van der Waals surface area contributed by atoms with Crippen LogP contribution in [0.25, 0.3) is 0 Å². The molecule has 1 fully saturated rings. The fourth-order valence-electron chi connectivity index (χ4n) is 3.16. The van der Waals surface area contributed by atoms with Crippen LogP contribution in [0, 0.1) is 11.8 Å². The van der Waals surface area contributed by atoms with E-state index in [0.717, 1.165) is 32.1 Å². The largest absolute Gasteiger partial charge is 0.481 e. The highest BCUT2D eigenvalue weighted by atomic mass is 16.4.